The maximum atomic E-state index is 10.8. The van der Waals surface area contributed by atoms with Crippen LogP contribution in [0.2, 0.25) is 5.02 Å². The first-order valence-corrected chi connectivity index (χ1v) is 5.85. The molecule has 0 spiro atoms. The fourth-order valence-electron chi connectivity index (χ4n) is 1.03. The van der Waals surface area contributed by atoms with E-state index >= 15 is 0 Å². The topological polar surface area (TPSA) is 17.1 Å². The Balaban J connectivity index is 2.98. The summed E-state index contributed by atoms with van der Waals surface area (Å²) in [5.41, 5.74) is 0.683. The molecule has 14 heavy (non-hydrogen) atoms. The molecule has 1 aromatic rings. The Hall–Kier alpha value is -0.470. The van der Waals surface area contributed by atoms with Crippen LogP contribution in [0.25, 0.3) is 0 Å². The molecule has 0 heterocycles. The third-order valence-electron chi connectivity index (χ3n) is 2.02. The zero-order valence-corrected chi connectivity index (χ0v) is 9.86. The van der Waals surface area contributed by atoms with Crippen molar-refractivity contribution in [2.24, 2.45) is 0 Å². The molecule has 0 N–H and O–H groups in total. The van der Waals surface area contributed by atoms with Crippen molar-refractivity contribution >= 4 is 29.6 Å². The summed E-state index contributed by atoms with van der Waals surface area (Å²) in [7, 11) is 0. The molecule has 0 fully saturated rings. The van der Waals surface area contributed by atoms with E-state index in [1.54, 1.807) is 23.9 Å². The van der Waals surface area contributed by atoms with Gasteiger partial charge in [-0.15, -0.1) is 11.8 Å². The first kappa shape index (κ1) is 11.6. The van der Waals surface area contributed by atoms with Crippen molar-refractivity contribution in [1.82, 2.24) is 0 Å². The van der Waals surface area contributed by atoms with E-state index in [1.165, 1.54) is 0 Å². The Bertz CT molecular complexity index is 325. The molecule has 0 radical (unpaired) electrons. The van der Waals surface area contributed by atoms with E-state index in [0.717, 1.165) is 17.6 Å². The van der Waals surface area contributed by atoms with E-state index in [0.29, 0.717) is 15.8 Å². The lowest BCUT2D eigenvalue weighted by molar-refractivity contribution is 0.112. The number of hydrogen-bond acceptors (Lipinski definition) is 2. The Morgan fingerprint density at radius 2 is 2.29 bits per heavy atom. The summed E-state index contributed by atoms with van der Waals surface area (Å²) in [6.07, 6.45) is 1.92. The number of thioether (sulfide) groups is 1. The molecule has 1 aromatic carbocycles. The molecule has 3 heteroatoms. The van der Waals surface area contributed by atoms with Gasteiger partial charge in [0.25, 0.3) is 0 Å². The molecule has 1 nitrogen and oxygen atoms in total. The lowest BCUT2D eigenvalue weighted by Gasteiger charge is -2.11. The second kappa shape index (κ2) is 5.42. The van der Waals surface area contributed by atoms with E-state index < -0.39 is 0 Å². The molecular formula is C11H13ClOS. The van der Waals surface area contributed by atoms with Crippen LogP contribution >= 0.6 is 23.4 Å². The minimum Gasteiger partial charge on any atom is -0.298 e. The third-order valence-corrected chi connectivity index (χ3v) is 3.87. The molecule has 1 atom stereocenters. The van der Waals surface area contributed by atoms with Crippen molar-refractivity contribution in [2.45, 2.75) is 30.4 Å². The summed E-state index contributed by atoms with van der Waals surface area (Å²) < 4.78 is 0. The molecule has 0 aliphatic heterocycles. The average molecular weight is 229 g/mol. The fourth-order valence-corrected chi connectivity index (χ4v) is 2.34. The van der Waals surface area contributed by atoms with Gasteiger partial charge in [0, 0.05) is 15.7 Å². The van der Waals surface area contributed by atoms with Crippen LogP contribution in [0.5, 0.6) is 0 Å². The second-order valence-electron chi connectivity index (χ2n) is 3.11. The number of halogens is 1. The number of carbonyl (C=O) groups excluding carboxylic acids is 1. The smallest absolute Gasteiger partial charge is 0.151 e. The lowest BCUT2D eigenvalue weighted by Crippen LogP contribution is -1.95. The van der Waals surface area contributed by atoms with Gasteiger partial charge >= 0.3 is 0 Å². The van der Waals surface area contributed by atoms with Gasteiger partial charge in [-0.1, -0.05) is 37.6 Å². The lowest BCUT2D eigenvalue weighted by atomic mass is 10.2. The zero-order chi connectivity index (χ0) is 10.6. The van der Waals surface area contributed by atoms with Crippen LogP contribution in [0.4, 0.5) is 0 Å². The van der Waals surface area contributed by atoms with E-state index in [2.05, 4.69) is 13.8 Å². The van der Waals surface area contributed by atoms with Crippen molar-refractivity contribution in [3.63, 3.8) is 0 Å². The predicted molar refractivity (Wildman–Crippen MR) is 62.4 cm³/mol. The fraction of sp³-hybridized carbons (Fsp3) is 0.364. The predicted octanol–water partition coefficient (Wildman–Crippen LogP) is 4.04. The van der Waals surface area contributed by atoms with Crippen LogP contribution in [-0.4, -0.2) is 11.5 Å². The van der Waals surface area contributed by atoms with Gasteiger partial charge in [-0.25, -0.2) is 0 Å². The molecule has 1 unspecified atom stereocenters. The van der Waals surface area contributed by atoms with Gasteiger partial charge < -0.3 is 0 Å². The minimum absolute atomic E-state index is 0.480. The molecule has 0 saturated carbocycles. The molecule has 0 saturated heterocycles. The number of carbonyl (C=O) groups is 1. The maximum absolute atomic E-state index is 10.8. The van der Waals surface area contributed by atoms with Crippen molar-refractivity contribution in [1.29, 1.82) is 0 Å². The number of aldehydes is 1. The summed E-state index contributed by atoms with van der Waals surface area (Å²) in [6.45, 7) is 4.25. The molecule has 0 aliphatic carbocycles. The van der Waals surface area contributed by atoms with Crippen LogP contribution in [0.1, 0.15) is 30.6 Å². The molecule has 0 bridgehead atoms. The van der Waals surface area contributed by atoms with E-state index in [1.807, 2.05) is 6.07 Å². The van der Waals surface area contributed by atoms with Gasteiger partial charge in [0.2, 0.25) is 0 Å². The summed E-state index contributed by atoms with van der Waals surface area (Å²) in [5.74, 6) is 0. The molecule has 0 aliphatic rings. The highest BCUT2D eigenvalue weighted by Gasteiger charge is 2.10. The first-order valence-electron chi connectivity index (χ1n) is 4.59. The zero-order valence-electron chi connectivity index (χ0n) is 8.29. The van der Waals surface area contributed by atoms with E-state index in [-0.39, 0.29) is 0 Å². The standard InChI is InChI=1S/C11H13ClOS/c1-3-8(2)14-11-9(7-13)5-4-6-10(11)12/h4-8H,3H2,1-2H3. The SMILES string of the molecule is CCC(C)Sc1c(Cl)cccc1C=O. The van der Waals surface area contributed by atoms with Gasteiger partial charge in [0.15, 0.2) is 6.29 Å². The normalized spacial score (nSPS) is 12.5. The highest BCUT2D eigenvalue weighted by molar-refractivity contribution is 8.00. The maximum Gasteiger partial charge on any atom is 0.151 e. The van der Waals surface area contributed by atoms with Crippen LogP contribution in [-0.2, 0) is 0 Å². The molecule has 0 amide bonds. The van der Waals surface area contributed by atoms with Gasteiger partial charge in [-0.05, 0) is 12.5 Å². The van der Waals surface area contributed by atoms with Gasteiger partial charge in [0.05, 0.1) is 5.02 Å². The molecule has 76 valence electrons. The highest BCUT2D eigenvalue weighted by Crippen LogP contribution is 2.33. The minimum atomic E-state index is 0.480. The molecule has 1 rings (SSSR count). The Kier molecular flexibility index (Phi) is 4.49. The summed E-state index contributed by atoms with van der Waals surface area (Å²) in [5, 5.41) is 1.15. The monoisotopic (exact) mass is 228 g/mol. The van der Waals surface area contributed by atoms with Crippen molar-refractivity contribution in [3.8, 4) is 0 Å². The number of rotatable bonds is 4. The summed E-state index contributed by atoms with van der Waals surface area (Å²) in [6, 6.07) is 5.41. The van der Waals surface area contributed by atoms with Crippen LogP contribution < -0.4 is 0 Å². The number of benzene rings is 1. The van der Waals surface area contributed by atoms with Crippen LogP contribution in [0.15, 0.2) is 23.1 Å². The van der Waals surface area contributed by atoms with Gasteiger partial charge in [-0.2, -0.15) is 0 Å². The largest absolute Gasteiger partial charge is 0.298 e. The quantitative estimate of drug-likeness (QED) is 0.572. The third kappa shape index (κ3) is 2.76. The number of hydrogen-bond donors (Lipinski definition) is 0. The van der Waals surface area contributed by atoms with E-state index in [9.17, 15) is 4.79 Å². The van der Waals surface area contributed by atoms with E-state index in [4.69, 9.17) is 11.6 Å². The van der Waals surface area contributed by atoms with Crippen molar-refractivity contribution in [3.05, 3.63) is 28.8 Å². The highest BCUT2D eigenvalue weighted by atomic mass is 35.5. The Morgan fingerprint density at radius 3 is 2.86 bits per heavy atom. The van der Waals surface area contributed by atoms with Crippen LogP contribution in [0.3, 0.4) is 0 Å². The first-order chi connectivity index (χ1) is 6.69. The van der Waals surface area contributed by atoms with Crippen molar-refractivity contribution < 1.29 is 4.79 Å². The molecular weight excluding hydrogens is 216 g/mol. The van der Waals surface area contributed by atoms with Crippen LogP contribution in [0, 0.1) is 0 Å². The Morgan fingerprint density at radius 1 is 1.57 bits per heavy atom. The van der Waals surface area contributed by atoms with Gasteiger partial charge in [-0.3, -0.25) is 4.79 Å². The summed E-state index contributed by atoms with van der Waals surface area (Å²) in [4.78, 5) is 11.7. The summed E-state index contributed by atoms with van der Waals surface area (Å²) >= 11 is 7.69. The average Bonchev–Trinajstić information content (AvgIpc) is 2.20. The van der Waals surface area contributed by atoms with Gasteiger partial charge in [0.1, 0.15) is 0 Å². The molecule has 0 aromatic heterocycles. The second-order valence-corrected chi connectivity index (χ2v) is 4.97. The van der Waals surface area contributed by atoms with Crippen molar-refractivity contribution in [2.75, 3.05) is 0 Å². The Labute approximate surface area is 93.8 Å².